The Labute approximate surface area is 131 Å². The summed E-state index contributed by atoms with van der Waals surface area (Å²) in [5.74, 6) is 0.856. The lowest BCUT2D eigenvalue weighted by atomic mass is 9.65. The molecule has 3 rings (SSSR count). The van der Waals surface area contributed by atoms with E-state index < -0.39 is 0 Å². The molecule has 0 aromatic heterocycles. The molecular weight excluding hydrogens is 256 g/mol. The van der Waals surface area contributed by atoms with E-state index in [1.807, 2.05) is 0 Å². The minimum atomic E-state index is 0.310. The lowest BCUT2D eigenvalue weighted by Gasteiger charge is -2.53. The van der Waals surface area contributed by atoms with Crippen LogP contribution in [0.3, 0.4) is 0 Å². The van der Waals surface area contributed by atoms with Crippen molar-refractivity contribution in [1.82, 2.24) is 4.90 Å². The van der Waals surface area contributed by atoms with Gasteiger partial charge in [-0.1, -0.05) is 32.6 Å². The van der Waals surface area contributed by atoms with Crippen LogP contribution < -0.4 is 5.73 Å². The molecule has 3 aliphatic carbocycles. The first-order chi connectivity index (χ1) is 10.1. The summed E-state index contributed by atoms with van der Waals surface area (Å²) >= 11 is 0. The second-order valence-corrected chi connectivity index (χ2v) is 8.58. The third-order valence-electron chi connectivity index (χ3n) is 7.60. The third-order valence-corrected chi connectivity index (χ3v) is 7.60. The molecule has 2 nitrogen and oxygen atoms in total. The van der Waals surface area contributed by atoms with Gasteiger partial charge in [-0.3, -0.25) is 4.90 Å². The number of hydrogen-bond donors (Lipinski definition) is 1. The molecule has 2 N–H and O–H groups in total. The van der Waals surface area contributed by atoms with Crippen LogP contribution in [0.25, 0.3) is 0 Å². The molecule has 0 aliphatic heterocycles. The molecule has 0 amide bonds. The molecule has 0 radical (unpaired) electrons. The maximum Gasteiger partial charge on any atom is 0.0332 e. The van der Waals surface area contributed by atoms with Gasteiger partial charge >= 0.3 is 0 Å². The summed E-state index contributed by atoms with van der Waals surface area (Å²) in [5, 5.41) is 0. The first-order valence-corrected chi connectivity index (χ1v) is 9.54. The highest BCUT2D eigenvalue weighted by atomic mass is 15.2. The monoisotopic (exact) mass is 292 g/mol. The molecule has 0 heterocycles. The molecule has 0 saturated heterocycles. The summed E-state index contributed by atoms with van der Waals surface area (Å²) in [6.45, 7) is 3.33. The predicted molar refractivity (Wildman–Crippen MR) is 90.3 cm³/mol. The topological polar surface area (TPSA) is 29.3 Å². The quantitative estimate of drug-likeness (QED) is 0.839. The van der Waals surface area contributed by atoms with Crippen LogP contribution in [0, 0.1) is 11.3 Å². The van der Waals surface area contributed by atoms with Crippen LogP contribution >= 0.6 is 0 Å². The zero-order chi connectivity index (χ0) is 14.9. The second kappa shape index (κ2) is 6.20. The standard InChI is InChI=1S/C19H36N2/c1-16-7-3-4-8-17(16)21(2)19(15-20)13-11-18(12-14-19)9-5-6-10-18/h16-17H,3-15,20H2,1-2H3. The van der Waals surface area contributed by atoms with Gasteiger partial charge in [-0.15, -0.1) is 0 Å². The van der Waals surface area contributed by atoms with Gasteiger partial charge in [0, 0.05) is 18.1 Å². The molecule has 122 valence electrons. The van der Waals surface area contributed by atoms with Crippen LogP contribution in [0.15, 0.2) is 0 Å². The first kappa shape index (κ1) is 15.8. The zero-order valence-electron chi connectivity index (χ0n) is 14.4. The van der Waals surface area contributed by atoms with E-state index in [9.17, 15) is 0 Å². The Hall–Kier alpha value is -0.0800. The Morgan fingerprint density at radius 2 is 1.52 bits per heavy atom. The SMILES string of the molecule is CC1CCCCC1N(C)C1(CN)CCC2(CCCC2)CC1. The van der Waals surface area contributed by atoms with Crippen molar-refractivity contribution in [2.45, 2.75) is 95.6 Å². The normalized spacial score (nSPS) is 35.4. The van der Waals surface area contributed by atoms with Crippen molar-refractivity contribution in [1.29, 1.82) is 0 Å². The van der Waals surface area contributed by atoms with Crippen molar-refractivity contribution >= 4 is 0 Å². The van der Waals surface area contributed by atoms with E-state index in [-0.39, 0.29) is 0 Å². The molecule has 0 bridgehead atoms. The maximum absolute atomic E-state index is 6.34. The highest BCUT2D eigenvalue weighted by Crippen LogP contribution is 2.52. The van der Waals surface area contributed by atoms with Gasteiger partial charge in [0.15, 0.2) is 0 Å². The zero-order valence-corrected chi connectivity index (χ0v) is 14.4. The number of hydrogen-bond acceptors (Lipinski definition) is 2. The van der Waals surface area contributed by atoms with Gasteiger partial charge < -0.3 is 5.73 Å². The average Bonchev–Trinajstić information content (AvgIpc) is 2.97. The molecule has 3 aliphatic rings. The van der Waals surface area contributed by atoms with Gasteiger partial charge in [-0.25, -0.2) is 0 Å². The summed E-state index contributed by atoms with van der Waals surface area (Å²) in [7, 11) is 2.39. The van der Waals surface area contributed by atoms with E-state index in [0.717, 1.165) is 23.9 Å². The minimum absolute atomic E-state index is 0.310. The molecule has 2 atom stereocenters. The van der Waals surface area contributed by atoms with Crippen LogP contribution in [-0.4, -0.2) is 30.1 Å². The molecule has 1 spiro atoms. The van der Waals surface area contributed by atoms with Crippen LogP contribution in [0.1, 0.15) is 84.0 Å². The van der Waals surface area contributed by atoms with E-state index in [1.54, 1.807) is 0 Å². The smallest absolute Gasteiger partial charge is 0.0332 e. The lowest BCUT2D eigenvalue weighted by molar-refractivity contribution is -0.0198. The Balaban J connectivity index is 1.69. The minimum Gasteiger partial charge on any atom is -0.329 e. The van der Waals surface area contributed by atoms with Crippen molar-refractivity contribution in [2.75, 3.05) is 13.6 Å². The average molecular weight is 293 g/mol. The Bertz CT molecular complexity index is 335. The van der Waals surface area contributed by atoms with Crippen molar-refractivity contribution in [3.8, 4) is 0 Å². The summed E-state index contributed by atoms with van der Waals surface area (Å²) in [6.07, 6.45) is 17.2. The largest absolute Gasteiger partial charge is 0.329 e. The fraction of sp³-hybridized carbons (Fsp3) is 1.00. The fourth-order valence-electron chi connectivity index (χ4n) is 5.80. The molecule has 2 heteroatoms. The third kappa shape index (κ3) is 2.91. The van der Waals surface area contributed by atoms with Gasteiger partial charge in [-0.05, 0) is 69.7 Å². The van der Waals surface area contributed by atoms with E-state index in [0.29, 0.717) is 5.54 Å². The Kier molecular flexibility index (Phi) is 4.66. The lowest BCUT2D eigenvalue weighted by Crippen LogP contribution is -2.60. The summed E-state index contributed by atoms with van der Waals surface area (Å²) in [4.78, 5) is 2.75. The van der Waals surface area contributed by atoms with Gasteiger partial charge in [0.2, 0.25) is 0 Å². The van der Waals surface area contributed by atoms with E-state index in [1.165, 1.54) is 77.0 Å². The number of likely N-dealkylation sites (N-methyl/N-ethyl adjacent to an activating group) is 1. The van der Waals surface area contributed by atoms with E-state index in [4.69, 9.17) is 5.73 Å². The van der Waals surface area contributed by atoms with Crippen LogP contribution in [-0.2, 0) is 0 Å². The second-order valence-electron chi connectivity index (χ2n) is 8.58. The van der Waals surface area contributed by atoms with Crippen molar-refractivity contribution < 1.29 is 0 Å². The van der Waals surface area contributed by atoms with Gasteiger partial charge in [0.1, 0.15) is 0 Å². The van der Waals surface area contributed by atoms with Gasteiger partial charge in [-0.2, -0.15) is 0 Å². The van der Waals surface area contributed by atoms with Gasteiger partial charge in [0.25, 0.3) is 0 Å². The van der Waals surface area contributed by atoms with Crippen LogP contribution in [0.5, 0.6) is 0 Å². The first-order valence-electron chi connectivity index (χ1n) is 9.54. The maximum atomic E-state index is 6.34. The molecule has 21 heavy (non-hydrogen) atoms. The number of nitrogens with zero attached hydrogens (tertiary/aromatic N) is 1. The molecule has 3 fully saturated rings. The Morgan fingerprint density at radius 1 is 0.905 bits per heavy atom. The van der Waals surface area contributed by atoms with Crippen molar-refractivity contribution in [3.63, 3.8) is 0 Å². The van der Waals surface area contributed by atoms with Gasteiger partial charge in [0.05, 0.1) is 0 Å². The molecular formula is C19H36N2. The molecule has 3 saturated carbocycles. The summed E-state index contributed by atoms with van der Waals surface area (Å²) in [6, 6.07) is 0.778. The van der Waals surface area contributed by atoms with Crippen LogP contribution in [0.2, 0.25) is 0 Å². The summed E-state index contributed by atoms with van der Waals surface area (Å²) in [5.41, 5.74) is 7.37. The van der Waals surface area contributed by atoms with Crippen molar-refractivity contribution in [3.05, 3.63) is 0 Å². The predicted octanol–water partition coefficient (Wildman–Crippen LogP) is 4.33. The summed E-state index contributed by atoms with van der Waals surface area (Å²) < 4.78 is 0. The number of nitrogens with two attached hydrogens (primary N) is 1. The van der Waals surface area contributed by atoms with E-state index >= 15 is 0 Å². The fourth-order valence-corrected chi connectivity index (χ4v) is 5.80. The van der Waals surface area contributed by atoms with Crippen LogP contribution in [0.4, 0.5) is 0 Å². The number of rotatable bonds is 3. The highest BCUT2D eigenvalue weighted by Gasteiger charge is 2.47. The molecule has 2 unspecified atom stereocenters. The van der Waals surface area contributed by atoms with E-state index in [2.05, 4.69) is 18.9 Å². The van der Waals surface area contributed by atoms with Crippen molar-refractivity contribution in [2.24, 2.45) is 17.1 Å². The molecule has 0 aromatic rings. The molecule has 0 aromatic carbocycles. The highest BCUT2D eigenvalue weighted by molar-refractivity contribution is 5.02. The Morgan fingerprint density at radius 3 is 2.10 bits per heavy atom.